The van der Waals surface area contributed by atoms with E-state index in [2.05, 4.69) is 9.88 Å². The van der Waals surface area contributed by atoms with Crippen LogP contribution in [0.5, 0.6) is 0 Å². The molecule has 3 aliphatic rings. The van der Waals surface area contributed by atoms with E-state index in [1.54, 1.807) is 0 Å². The van der Waals surface area contributed by atoms with Gasteiger partial charge in [0.25, 0.3) is 0 Å². The fourth-order valence-electron chi connectivity index (χ4n) is 4.18. The van der Waals surface area contributed by atoms with Crippen molar-refractivity contribution in [2.45, 2.75) is 44.7 Å². The maximum Gasteiger partial charge on any atom is 0.240 e. The molecule has 2 saturated heterocycles. The molecule has 2 aliphatic heterocycles. The van der Waals surface area contributed by atoms with Crippen molar-refractivity contribution in [2.24, 2.45) is 11.8 Å². The van der Waals surface area contributed by atoms with E-state index < -0.39 is 0 Å². The maximum atomic E-state index is 12.9. The summed E-state index contributed by atoms with van der Waals surface area (Å²) in [6.07, 6.45) is 8.23. The van der Waals surface area contributed by atoms with Crippen LogP contribution in [0.3, 0.4) is 0 Å². The lowest BCUT2D eigenvalue weighted by Gasteiger charge is -2.48. The number of aromatic nitrogens is 1. The molecule has 1 aliphatic carbocycles. The lowest BCUT2D eigenvalue weighted by Crippen LogP contribution is -2.59. The summed E-state index contributed by atoms with van der Waals surface area (Å²) in [5.41, 5.74) is 1.00. The van der Waals surface area contributed by atoms with Gasteiger partial charge in [0, 0.05) is 19.3 Å². The average Bonchev–Trinajstić information content (AvgIpc) is 2.50. The van der Waals surface area contributed by atoms with Crippen LogP contribution in [0.15, 0.2) is 24.4 Å². The number of carbonyl (C=O) groups excluding carboxylic acids is 1. The molecule has 0 aromatic carbocycles. The standard InChI is InChI=1S/C18H25N3O/c22-18-17-10-15(7-9-20(17)11-14-4-3-5-14)12-21(18)13-16-6-1-2-8-19-16/h1-2,6,8,14-15,17H,3-5,7,9-13H2/t15-,17+/m0/s1. The number of piperidine rings is 2. The van der Waals surface area contributed by atoms with Gasteiger partial charge in [0.2, 0.25) is 5.91 Å². The minimum atomic E-state index is 0.136. The van der Waals surface area contributed by atoms with Crippen LogP contribution in [-0.4, -0.2) is 46.4 Å². The highest BCUT2D eigenvalue weighted by Gasteiger charge is 2.41. The average molecular weight is 299 g/mol. The van der Waals surface area contributed by atoms with Gasteiger partial charge in [-0.2, -0.15) is 0 Å². The van der Waals surface area contributed by atoms with Crippen molar-refractivity contribution in [3.05, 3.63) is 30.1 Å². The molecular weight excluding hydrogens is 274 g/mol. The van der Waals surface area contributed by atoms with Gasteiger partial charge < -0.3 is 4.90 Å². The molecule has 2 atom stereocenters. The Kier molecular flexibility index (Phi) is 3.87. The number of pyridine rings is 1. The summed E-state index contributed by atoms with van der Waals surface area (Å²) in [7, 11) is 0. The Morgan fingerprint density at radius 3 is 2.86 bits per heavy atom. The van der Waals surface area contributed by atoms with Gasteiger partial charge in [0.05, 0.1) is 18.3 Å². The molecule has 0 unspecified atom stereocenters. The largest absolute Gasteiger partial charge is 0.335 e. The number of hydrogen-bond acceptors (Lipinski definition) is 3. The van der Waals surface area contributed by atoms with E-state index in [1.807, 2.05) is 29.3 Å². The number of hydrogen-bond donors (Lipinski definition) is 0. The second kappa shape index (κ2) is 5.99. The Balaban J connectivity index is 1.45. The zero-order chi connectivity index (χ0) is 14.9. The molecule has 1 saturated carbocycles. The van der Waals surface area contributed by atoms with Crippen LogP contribution in [0.1, 0.15) is 37.8 Å². The van der Waals surface area contributed by atoms with Crippen LogP contribution in [0.4, 0.5) is 0 Å². The molecule has 1 aromatic heterocycles. The first-order valence-electron chi connectivity index (χ1n) is 8.72. The van der Waals surface area contributed by atoms with Crippen LogP contribution in [-0.2, 0) is 11.3 Å². The Bertz CT molecular complexity index is 528. The van der Waals surface area contributed by atoms with E-state index >= 15 is 0 Å². The van der Waals surface area contributed by atoms with E-state index in [-0.39, 0.29) is 6.04 Å². The minimum Gasteiger partial charge on any atom is -0.335 e. The van der Waals surface area contributed by atoms with Crippen LogP contribution in [0, 0.1) is 11.8 Å². The predicted octanol–water partition coefficient (Wildman–Crippen LogP) is 2.30. The SMILES string of the molecule is O=C1[C@H]2C[C@H](CCN2CC2CCC2)CN1Cc1ccccn1. The molecule has 0 radical (unpaired) electrons. The molecule has 3 fully saturated rings. The van der Waals surface area contributed by atoms with Crippen molar-refractivity contribution < 1.29 is 4.79 Å². The number of likely N-dealkylation sites (tertiary alicyclic amines) is 2. The first-order valence-corrected chi connectivity index (χ1v) is 8.72. The summed E-state index contributed by atoms with van der Waals surface area (Å²) in [5, 5.41) is 0. The van der Waals surface area contributed by atoms with Gasteiger partial charge in [-0.05, 0) is 56.2 Å². The van der Waals surface area contributed by atoms with Gasteiger partial charge in [-0.15, -0.1) is 0 Å². The monoisotopic (exact) mass is 299 g/mol. The molecule has 3 heterocycles. The first kappa shape index (κ1) is 14.2. The van der Waals surface area contributed by atoms with Crippen molar-refractivity contribution in [3.8, 4) is 0 Å². The summed E-state index contributed by atoms with van der Waals surface area (Å²) in [6.45, 7) is 3.85. The summed E-state index contributed by atoms with van der Waals surface area (Å²) >= 11 is 0. The zero-order valence-corrected chi connectivity index (χ0v) is 13.2. The van der Waals surface area contributed by atoms with Crippen LogP contribution in [0.25, 0.3) is 0 Å². The lowest BCUT2D eigenvalue weighted by atomic mass is 9.81. The van der Waals surface area contributed by atoms with Crippen molar-refractivity contribution in [3.63, 3.8) is 0 Å². The summed E-state index contributed by atoms with van der Waals surface area (Å²) in [4.78, 5) is 21.8. The molecular formula is C18H25N3O. The fourth-order valence-corrected chi connectivity index (χ4v) is 4.18. The first-order chi connectivity index (χ1) is 10.8. The van der Waals surface area contributed by atoms with Crippen LogP contribution < -0.4 is 0 Å². The Hall–Kier alpha value is -1.42. The van der Waals surface area contributed by atoms with Crippen molar-refractivity contribution in [1.29, 1.82) is 0 Å². The number of rotatable bonds is 4. The third-order valence-corrected chi connectivity index (χ3v) is 5.69. The maximum absolute atomic E-state index is 12.9. The van der Waals surface area contributed by atoms with Gasteiger partial charge in [0.15, 0.2) is 0 Å². The van der Waals surface area contributed by atoms with Gasteiger partial charge in [-0.25, -0.2) is 0 Å². The highest BCUT2D eigenvalue weighted by Crippen LogP contribution is 2.34. The highest BCUT2D eigenvalue weighted by molar-refractivity contribution is 5.83. The Morgan fingerprint density at radius 1 is 1.23 bits per heavy atom. The van der Waals surface area contributed by atoms with Crippen LogP contribution in [0.2, 0.25) is 0 Å². The Labute approximate surface area is 132 Å². The molecule has 4 nitrogen and oxygen atoms in total. The van der Waals surface area contributed by atoms with Crippen molar-refractivity contribution in [2.75, 3.05) is 19.6 Å². The van der Waals surface area contributed by atoms with Gasteiger partial charge >= 0.3 is 0 Å². The summed E-state index contributed by atoms with van der Waals surface area (Å²) in [6, 6.07) is 6.08. The molecule has 0 N–H and O–H groups in total. The van der Waals surface area contributed by atoms with Gasteiger partial charge in [0.1, 0.15) is 0 Å². The smallest absolute Gasteiger partial charge is 0.240 e. The molecule has 4 heteroatoms. The quantitative estimate of drug-likeness (QED) is 0.856. The van der Waals surface area contributed by atoms with Gasteiger partial charge in [-0.3, -0.25) is 14.7 Å². The van der Waals surface area contributed by atoms with E-state index in [4.69, 9.17) is 0 Å². The summed E-state index contributed by atoms with van der Waals surface area (Å²) in [5.74, 6) is 1.86. The van der Waals surface area contributed by atoms with E-state index in [9.17, 15) is 4.79 Å². The lowest BCUT2D eigenvalue weighted by molar-refractivity contribution is -0.147. The molecule has 0 spiro atoms. The van der Waals surface area contributed by atoms with Crippen molar-refractivity contribution in [1.82, 2.24) is 14.8 Å². The highest BCUT2D eigenvalue weighted by atomic mass is 16.2. The molecule has 22 heavy (non-hydrogen) atoms. The van der Waals surface area contributed by atoms with Crippen LogP contribution >= 0.6 is 0 Å². The number of nitrogens with zero attached hydrogens (tertiary/aromatic N) is 3. The minimum absolute atomic E-state index is 0.136. The number of fused-ring (bicyclic) bond motifs is 2. The molecule has 1 amide bonds. The second-order valence-electron chi connectivity index (χ2n) is 7.24. The second-order valence-corrected chi connectivity index (χ2v) is 7.24. The van der Waals surface area contributed by atoms with E-state index in [0.717, 1.165) is 37.7 Å². The van der Waals surface area contributed by atoms with E-state index in [0.29, 0.717) is 18.4 Å². The zero-order valence-electron chi connectivity index (χ0n) is 13.2. The number of carbonyl (C=O) groups is 1. The normalized spacial score (nSPS) is 29.5. The predicted molar refractivity (Wildman–Crippen MR) is 85.1 cm³/mol. The molecule has 4 rings (SSSR count). The van der Waals surface area contributed by atoms with Gasteiger partial charge in [-0.1, -0.05) is 12.5 Å². The third kappa shape index (κ3) is 2.76. The Morgan fingerprint density at radius 2 is 2.14 bits per heavy atom. The summed E-state index contributed by atoms with van der Waals surface area (Å²) < 4.78 is 0. The number of amides is 1. The van der Waals surface area contributed by atoms with Crippen molar-refractivity contribution >= 4 is 5.91 Å². The molecule has 1 aromatic rings. The molecule has 118 valence electrons. The fraction of sp³-hybridized carbons (Fsp3) is 0.667. The van der Waals surface area contributed by atoms with E-state index in [1.165, 1.54) is 25.7 Å². The third-order valence-electron chi connectivity index (χ3n) is 5.69. The topological polar surface area (TPSA) is 36.4 Å². The molecule has 2 bridgehead atoms.